The Labute approximate surface area is 155 Å². The van der Waals surface area contributed by atoms with Crippen LogP contribution in [-0.2, 0) is 0 Å². The number of halogens is 1. The van der Waals surface area contributed by atoms with Crippen LogP contribution < -0.4 is 4.90 Å². The Hall–Kier alpha value is -2.69. The van der Waals surface area contributed by atoms with Gasteiger partial charge < -0.3 is 9.80 Å². The summed E-state index contributed by atoms with van der Waals surface area (Å²) in [5.41, 5.74) is 4.23. The third-order valence-electron chi connectivity index (χ3n) is 4.38. The second-order valence-electron chi connectivity index (χ2n) is 6.53. The summed E-state index contributed by atoms with van der Waals surface area (Å²) in [6.07, 6.45) is 1.80. The lowest BCUT2D eigenvalue weighted by Gasteiger charge is -2.19. The minimum Gasteiger partial charge on any atom is -0.367 e. The third kappa shape index (κ3) is 4.91. The first-order valence-electron chi connectivity index (χ1n) is 8.67. The van der Waals surface area contributed by atoms with Crippen molar-refractivity contribution in [3.63, 3.8) is 0 Å². The van der Waals surface area contributed by atoms with E-state index in [4.69, 9.17) is 0 Å². The van der Waals surface area contributed by atoms with Crippen molar-refractivity contribution in [2.45, 2.75) is 20.8 Å². The second-order valence-corrected chi connectivity index (χ2v) is 6.53. The molecule has 2 aromatic rings. The van der Waals surface area contributed by atoms with Gasteiger partial charge >= 0.3 is 0 Å². The Morgan fingerprint density at radius 1 is 1.12 bits per heavy atom. The number of hydrogen-bond acceptors (Lipinski definition) is 3. The molecule has 0 heterocycles. The number of aliphatic imine (C=N–C) groups is 1. The fraction of sp³-hybridized carbons (Fsp3) is 0.333. The topological polar surface area (TPSA) is 35.9 Å². The largest absolute Gasteiger partial charge is 0.367 e. The van der Waals surface area contributed by atoms with Crippen LogP contribution in [0.2, 0.25) is 0 Å². The zero-order valence-corrected chi connectivity index (χ0v) is 16.1. The Balaban J connectivity index is 2.17. The molecule has 0 N–H and O–H groups in total. The molecule has 0 aromatic heterocycles. The van der Waals surface area contributed by atoms with Crippen LogP contribution in [0.25, 0.3) is 0 Å². The Morgan fingerprint density at radius 3 is 2.38 bits per heavy atom. The minimum absolute atomic E-state index is 0.0265. The molecule has 0 aliphatic heterocycles. The summed E-state index contributed by atoms with van der Waals surface area (Å²) in [7, 11) is 3.79. The molecule has 138 valence electrons. The van der Waals surface area contributed by atoms with Gasteiger partial charge in [0.15, 0.2) is 5.78 Å². The van der Waals surface area contributed by atoms with E-state index in [2.05, 4.69) is 11.9 Å². The molecule has 0 saturated heterocycles. The fourth-order valence-electron chi connectivity index (χ4n) is 2.57. The lowest BCUT2D eigenvalue weighted by molar-refractivity contribution is 0.0999. The van der Waals surface area contributed by atoms with Gasteiger partial charge in [-0.1, -0.05) is 0 Å². The summed E-state index contributed by atoms with van der Waals surface area (Å²) in [6.45, 7) is 7.05. The van der Waals surface area contributed by atoms with Crippen LogP contribution in [0.1, 0.15) is 28.4 Å². The van der Waals surface area contributed by atoms with Crippen molar-refractivity contribution >= 4 is 23.5 Å². The molecular weight excluding hydrogens is 329 g/mol. The van der Waals surface area contributed by atoms with E-state index in [1.807, 2.05) is 49.9 Å². The van der Waals surface area contributed by atoms with Crippen LogP contribution in [0.4, 0.5) is 15.8 Å². The van der Waals surface area contributed by atoms with E-state index in [0.29, 0.717) is 5.56 Å². The van der Waals surface area contributed by atoms with Crippen LogP contribution in [0.3, 0.4) is 0 Å². The van der Waals surface area contributed by atoms with E-state index in [-0.39, 0.29) is 18.1 Å². The lowest BCUT2D eigenvalue weighted by atomic mass is 10.00. The smallest absolute Gasteiger partial charge is 0.182 e. The van der Waals surface area contributed by atoms with Crippen LogP contribution in [0, 0.1) is 19.7 Å². The molecule has 2 aromatic carbocycles. The molecule has 0 fully saturated rings. The summed E-state index contributed by atoms with van der Waals surface area (Å²) in [4.78, 5) is 21.0. The Morgan fingerprint density at radius 2 is 1.77 bits per heavy atom. The van der Waals surface area contributed by atoms with E-state index in [9.17, 15) is 9.18 Å². The van der Waals surface area contributed by atoms with Crippen LogP contribution >= 0.6 is 0 Å². The number of hydrogen-bond donors (Lipinski definition) is 0. The molecule has 0 bridgehead atoms. The molecule has 0 amide bonds. The van der Waals surface area contributed by atoms with Crippen LogP contribution in [0.5, 0.6) is 0 Å². The Bertz CT molecular complexity index is 800. The van der Waals surface area contributed by atoms with Crippen molar-refractivity contribution in [3.8, 4) is 0 Å². The molecular formula is C21H26FN3O. The average Bonchev–Trinajstić information content (AvgIpc) is 2.62. The molecule has 0 aliphatic rings. The van der Waals surface area contributed by atoms with Crippen molar-refractivity contribution in [1.82, 2.24) is 4.90 Å². The summed E-state index contributed by atoms with van der Waals surface area (Å²) < 4.78 is 13.0. The van der Waals surface area contributed by atoms with E-state index >= 15 is 0 Å². The first-order chi connectivity index (χ1) is 12.3. The summed E-state index contributed by atoms with van der Waals surface area (Å²) in [6, 6.07) is 9.97. The highest BCUT2D eigenvalue weighted by molar-refractivity contribution is 6.01. The van der Waals surface area contributed by atoms with Gasteiger partial charge in [-0.15, -0.1) is 0 Å². The first kappa shape index (κ1) is 19.6. The Kier molecular flexibility index (Phi) is 6.50. The normalized spacial score (nSPS) is 11.0. The summed E-state index contributed by atoms with van der Waals surface area (Å²) in [5, 5.41) is 0. The molecule has 0 radical (unpaired) electrons. The number of aryl methyl sites for hydroxylation is 2. The van der Waals surface area contributed by atoms with Gasteiger partial charge in [0.2, 0.25) is 0 Å². The number of anilines is 1. The van der Waals surface area contributed by atoms with Crippen molar-refractivity contribution < 1.29 is 9.18 Å². The maximum Gasteiger partial charge on any atom is 0.182 e. The van der Waals surface area contributed by atoms with Gasteiger partial charge in [-0.2, -0.15) is 0 Å². The highest BCUT2D eigenvalue weighted by Crippen LogP contribution is 2.24. The van der Waals surface area contributed by atoms with Gasteiger partial charge in [0.1, 0.15) is 5.82 Å². The predicted molar refractivity (Wildman–Crippen MR) is 106 cm³/mol. The average molecular weight is 355 g/mol. The van der Waals surface area contributed by atoms with Gasteiger partial charge in [-0.25, -0.2) is 9.38 Å². The van der Waals surface area contributed by atoms with Crippen molar-refractivity contribution in [2.24, 2.45) is 4.99 Å². The standard InChI is InChI=1S/C21H26FN3O/c1-6-24(4)14-23-20-12-15(2)19(11-16(20)3)21(26)13-25(5)18-9-7-17(22)8-10-18/h7-12,14H,6,13H2,1-5H3. The molecule has 0 unspecified atom stereocenters. The monoisotopic (exact) mass is 355 g/mol. The lowest BCUT2D eigenvalue weighted by Crippen LogP contribution is -2.26. The number of nitrogens with zero attached hydrogens (tertiary/aromatic N) is 3. The maximum absolute atomic E-state index is 13.0. The highest BCUT2D eigenvalue weighted by atomic mass is 19.1. The molecule has 0 saturated carbocycles. The van der Waals surface area contributed by atoms with Gasteiger partial charge in [0.25, 0.3) is 0 Å². The van der Waals surface area contributed by atoms with E-state index in [1.54, 1.807) is 18.5 Å². The number of likely N-dealkylation sites (N-methyl/N-ethyl adjacent to an activating group) is 1. The van der Waals surface area contributed by atoms with Gasteiger partial charge in [0, 0.05) is 31.9 Å². The molecule has 2 rings (SSSR count). The SMILES string of the molecule is CCN(C)C=Nc1cc(C)c(C(=O)CN(C)c2ccc(F)cc2)cc1C. The van der Waals surface area contributed by atoms with Crippen molar-refractivity contribution in [3.05, 3.63) is 58.9 Å². The predicted octanol–water partition coefficient (Wildman–Crippen LogP) is 4.37. The number of ketones is 1. The zero-order chi connectivity index (χ0) is 19.3. The van der Waals surface area contributed by atoms with E-state index in [1.165, 1.54) is 12.1 Å². The van der Waals surface area contributed by atoms with Crippen molar-refractivity contribution in [2.75, 3.05) is 32.1 Å². The maximum atomic E-state index is 13.0. The number of Topliss-reactive ketones (excluding diaryl/α,β-unsaturated/α-hetero) is 1. The molecule has 0 spiro atoms. The van der Waals surface area contributed by atoms with Gasteiger partial charge in [0.05, 0.1) is 18.6 Å². The number of rotatable bonds is 7. The molecule has 5 heteroatoms. The van der Waals surface area contributed by atoms with E-state index in [0.717, 1.165) is 29.0 Å². The number of carbonyl (C=O) groups excluding carboxylic acids is 1. The third-order valence-corrected chi connectivity index (χ3v) is 4.38. The van der Waals surface area contributed by atoms with Crippen LogP contribution in [-0.4, -0.2) is 44.2 Å². The van der Waals surface area contributed by atoms with Crippen LogP contribution in [0.15, 0.2) is 41.4 Å². The minimum atomic E-state index is -0.287. The molecule has 0 atom stereocenters. The zero-order valence-electron chi connectivity index (χ0n) is 16.1. The number of carbonyl (C=O) groups is 1. The quantitative estimate of drug-likeness (QED) is 0.420. The van der Waals surface area contributed by atoms with E-state index < -0.39 is 0 Å². The second kappa shape index (κ2) is 8.61. The molecule has 4 nitrogen and oxygen atoms in total. The van der Waals surface area contributed by atoms with Gasteiger partial charge in [-0.3, -0.25) is 4.79 Å². The van der Waals surface area contributed by atoms with Crippen molar-refractivity contribution in [1.29, 1.82) is 0 Å². The highest BCUT2D eigenvalue weighted by Gasteiger charge is 2.14. The summed E-state index contributed by atoms with van der Waals surface area (Å²) in [5.74, 6) is -0.261. The van der Waals surface area contributed by atoms with Gasteiger partial charge in [-0.05, 0) is 68.3 Å². The summed E-state index contributed by atoms with van der Waals surface area (Å²) >= 11 is 0. The molecule has 26 heavy (non-hydrogen) atoms. The fourth-order valence-corrected chi connectivity index (χ4v) is 2.57. The molecule has 0 aliphatic carbocycles. The number of benzene rings is 2. The first-order valence-corrected chi connectivity index (χ1v) is 8.67.